The number of aryl methyl sites for hydroxylation is 20. The number of para-hydroxylation sites is 2. The lowest BCUT2D eigenvalue weighted by molar-refractivity contribution is -0.116. The Morgan fingerprint density at radius 2 is 0.640 bits per heavy atom. The maximum absolute atomic E-state index is 10.7. The fourth-order valence-corrected chi connectivity index (χ4v) is 11.8. The number of phenols is 1. The Bertz CT molecular complexity index is 5430. The Balaban J connectivity index is 0.000000348. The van der Waals surface area contributed by atoms with Crippen LogP contribution in [0.4, 0.5) is 0 Å². The second kappa shape index (κ2) is 60.8. The highest BCUT2D eigenvalue weighted by Crippen LogP contribution is 2.23. The van der Waals surface area contributed by atoms with Crippen molar-refractivity contribution in [3.05, 3.63) is 509 Å². The number of halogens is 2. The van der Waals surface area contributed by atoms with E-state index in [1.807, 2.05) is 185 Å². The summed E-state index contributed by atoms with van der Waals surface area (Å²) in [5, 5.41) is 15.0. The van der Waals surface area contributed by atoms with E-state index in [1.54, 1.807) is 31.5 Å². The number of benzene rings is 14. The van der Waals surface area contributed by atoms with Gasteiger partial charge in [-0.15, -0.1) is 0 Å². The lowest BCUT2D eigenvalue weighted by Gasteiger charge is -2.00. The predicted octanol–water partition coefficient (Wildman–Crippen LogP) is 33.5. The van der Waals surface area contributed by atoms with Crippen LogP contribution in [0.5, 0.6) is 5.75 Å². The minimum absolute atomic E-state index is 0. The highest BCUT2D eigenvalue weighted by atomic mass is 35.5. The molecule has 17 rings (SSSR count). The van der Waals surface area contributed by atoms with Crippen LogP contribution in [0, 0.1) is 145 Å². The molecule has 17 aromatic rings. The van der Waals surface area contributed by atoms with E-state index in [9.17, 15) is 4.79 Å². The molecular weight excluding hydrogens is 1560 g/mol. The molecule has 0 amide bonds. The van der Waals surface area contributed by atoms with Crippen molar-refractivity contribution < 1.29 is 9.90 Å². The zero-order chi connectivity index (χ0) is 91.1. The fraction of sp³-hybridized carbons (Fsp3) is 0.203. The van der Waals surface area contributed by atoms with Crippen molar-refractivity contribution in [1.82, 2.24) is 15.0 Å². The highest BCUT2D eigenvalue weighted by Gasteiger charge is 2.00. The highest BCUT2D eigenvalue weighted by molar-refractivity contribution is 6.35. The summed E-state index contributed by atoms with van der Waals surface area (Å²) < 4.78 is 0. The number of nitrogens with zero attached hydrogens (tertiary/aromatic N) is 3. The van der Waals surface area contributed by atoms with Crippen LogP contribution in [0.2, 0.25) is 10.0 Å². The van der Waals surface area contributed by atoms with Crippen molar-refractivity contribution in [3.63, 3.8) is 0 Å². The Labute approximate surface area is 762 Å². The first-order chi connectivity index (χ1) is 59.2. The minimum atomic E-state index is 0. The van der Waals surface area contributed by atoms with Gasteiger partial charge in [0.05, 0.1) is 16.1 Å². The van der Waals surface area contributed by atoms with Crippen molar-refractivity contribution in [2.75, 3.05) is 0 Å². The van der Waals surface area contributed by atoms with Gasteiger partial charge in [0.1, 0.15) is 11.5 Å². The third kappa shape index (κ3) is 47.5. The molecule has 3 aromatic heterocycles. The van der Waals surface area contributed by atoms with Crippen LogP contribution in [-0.2, 0) is 11.2 Å². The van der Waals surface area contributed by atoms with Crippen LogP contribution in [0.1, 0.15) is 137 Å². The molecule has 0 radical (unpaired) electrons. The van der Waals surface area contributed by atoms with Crippen LogP contribution < -0.4 is 0 Å². The van der Waals surface area contributed by atoms with Crippen LogP contribution >= 0.6 is 23.2 Å². The number of phenolic OH excluding ortho intramolecular Hbond substituents is 1. The number of carbonyl (C=O) groups is 1. The molecule has 0 aliphatic heterocycles. The summed E-state index contributed by atoms with van der Waals surface area (Å²) >= 11 is 11.9. The maximum atomic E-state index is 10.7. The standard InChI is InChI=1S/C10H7Cl.C10H9N.C10H12O.C9H6ClN.2C9H12.5C8H10.C7H8O.C7H8.C6H7N.CH4/c11-10-7-3-5-8-4-1-2-6-9(8)10;1-8-6-7-9-4-2-3-5-10(9)11-8;1-8-4-3-5-10(6-8)7-9(2)11;10-8-5-1-3-7-4-2-6-11-9(7)8;1-7-4-5-8(2)9(3)6-7;1-7-5-4-6-8(2)9(7)3;3*1-7-3-5-8(2)6-4-7;1-7-4-3-5-8(2)6-7;1-7-5-3-4-6-8(7)2;1-6-3-2-4-7(8)5-6;1-7-5-3-2-4-6-7;1-6-4-2-3-5-7-6;/h1-7H;2-7H,1H3;3-6H,7H2,1-2H3;1-6H;2*4-6H,1-3H3;5*3-6H,1-2H3;2-5,8H,1H3;2-6H,1H3;2-5H,1H3;1H4. The lowest BCUT2D eigenvalue weighted by atomic mass is 10.1. The van der Waals surface area contributed by atoms with E-state index in [-0.39, 0.29) is 13.2 Å². The van der Waals surface area contributed by atoms with E-state index >= 15 is 0 Å². The number of aromatic nitrogens is 3. The smallest absolute Gasteiger partial charge is 0.134 e. The Kier molecular flexibility index (Phi) is 51.8. The number of fused-ring (bicyclic) bond motifs is 3. The molecule has 7 heteroatoms. The number of aromatic hydroxyl groups is 1. The van der Waals surface area contributed by atoms with Gasteiger partial charge >= 0.3 is 0 Å². The van der Waals surface area contributed by atoms with Crippen molar-refractivity contribution >= 4 is 61.6 Å². The summed E-state index contributed by atoms with van der Waals surface area (Å²) in [6.45, 7) is 45.5. The van der Waals surface area contributed by atoms with Gasteiger partial charge in [-0.3, -0.25) is 19.7 Å². The average Bonchev–Trinajstić information content (AvgIpc) is 0.854. The van der Waals surface area contributed by atoms with E-state index in [1.165, 1.54) is 111 Å². The summed E-state index contributed by atoms with van der Waals surface area (Å²) in [6.07, 6.45) is 4.09. The molecular formula is C118H135Cl2N3O2. The Morgan fingerprint density at radius 1 is 0.272 bits per heavy atom. The largest absolute Gasteiger partial charge is 0.508 e. The molecule has 14 aromatic carbocycles. The van der Waals surface area contributed by atoms with Crippen molar-refractivity contribution in [1.29, 1.82) is 0 Å². The summed E-state index contributed by atoms with van der Waals surface area (Å²) in [6, 6.07) is 122. The molecule has 0 unspecified atom stereocenters. The SMILES string of the molecule is C.CC(=O)Cc1cccc(C)c1.Cc1ccc(C)c(C)c1.Cc1ccc(C)cc1.Cc1ccc(C)cc1.Cc1ccc(C)cc1.Cc1ccc2ccccc2n1.Cc1cccc(C)c1.Cc1cccc(C)c1C.Cc1cccc(O)c1.Cc1ccccc1.Cc1ccccc1C.Cc1ccccn1.Clc1cccc2ccccc12.Clc1cccc2cccnc12. The first-order valence-corrected chi connectivity index (χ1v) is 42.9. The molecule has 1 N–H and O–H groups in total. The third-order valence-corrected chi connectivity index (χ3v) is 19.8. The van der Waals surface area contributed by atoms with Gasteiger partial charge < -0.3 is 5.11 Å². The van der Waals surface area contributed by atoms with Gasteiger partial charge in [-0.05, 0) is 262 Å². The van der Waals surface area contributed by atoms with E-state index in [4.69, 9.17) is 28.3 Å². The third-order valence-electron chi connectivity index (χ3n) is 19.1. The average molecular weight is 1700 g/mol. The molecule has 0 aliphatic carbocycles. The second-order valence-electron chi connectivity index (χ2n) is 31.1. The number of Topliss-reactive ketones (excluding diaryl/α,β-unsaturated/α-hetero) is 1. The van der Waals surface area contributed by atoms with Crippen molar-refractivity contribution in [3.8, 4) is 5.75 Å². The van der Waals surface area contributed by atoms with Crippen LogP contribution in [-0.4, -0.2) is 25.8 Å². The molecule has 0 aliphatic rings. The van der Waals surface area contributed by atoms with Crippen LogP contribution in [0.3, 0.4) is 0 Å². The molecule has 5 nitrogen and oxygen atoms in total. The maximum Gasteiger partial charge on any atom is 0.134 e. The van der Waals surface area contributed by atoms with Gasteiger partial charge in [0, 0.05) is 51.4 Å². The predicted molar refractivity (Wildman–Crippen MR) is 548 cm³/mol. The second-order valence-corrected chi connectivity index (χ2v) is 31.9. The van der Waals surface area contributed by atoms with E-state index < -0.39 is 0 Å². The first kappa shape index (κ1) is 107. The number of rotatable bonds is 2. The monoisotopic (exact) mass is 1700 g/mol. The number of pyridine rings is 3. The Hall–Kier alpha value is -12.6. The van der Waals surface area contributed by atoms with Gasteiger partial charge in [-0.2, -0.15) is 0 Å². The zero-order valence-corrected chi connectivity index (χ0v) is 79.0. The molecule has 0 bridgehead atoms. The first-order valence-electron chi connectivity index (χ1n) is 42.1. The van der Waals surface area contributed by atoms with Gasteiger partial charge in [0.25, 0.3) is 0 Å². The van der Waals surface area contributed by atoms with Gasteiger partial charge in [0.2, 0.25) is 0 Å². The quantitative estimate of drug-likeness (QED) is 0.187. The van der Waals surface area contributed by atoms with E-state index in [2.05, 4.69) is 327 Å². The number of carbonyl (C=O) groups excluding carboxylic acids is 1. The molecule has 0 saturated heterocycles. The summed E-state index contributed by atoms with van der Waals surface area (Å²) in [4.78, 5) is 23.2. The van der Waals surface area contributed by atoms with E-state index in [0.29, 0.717) is 17.2 Å². The molecule has 125 heavy (non-hydrogen) atoms. The number of hydrogen-bond acceptors (Lipinski definition) is 5. The zero-order valence-electron chi connectivity index (χ0n) is 77.5. The molecule has 0 saturated carbocycles. The topological polar surface area (TPSA) is 76.0 Å². The van der Waals surface area contributed by atoms with Crippen LogP contribution in [0.15, 0.2) is 376 Å². The summed E-state index contributed by atoms with van der Waals surface area (Å²) in [5.74, 6) is 0.556. The minimum Gasteiger partial charge on any atom is -0.508 e. The van der Waals surface area contributed by atoms with Crippen molar-refractivity contribution in [2.45, 2.75) is 166 Å². The molecule has 0 atom stereocenters. The summed E-state index contributed by atoms with van der Waals surface area (Å²) in [5.41, 5.74) is 30.5. The van der Waals surface area contributed by atoms with Crippen LogP contribution in [0.25, 0.3) is 32.6 Å². The number of hydrogen-bond donors (Lipinski definition) is 1. The van der Waals surface area contributed by atoms with Gasteiger partial charge in [-0.1, -0.05) is 401 Å². The summed E-state index contributed by atoms with van der Waals surface area (Å²) in [7, 11) is 0. The lowest BCUT2D eigenvalue weighted by Crippen LogP contribution is -1.95. The van der Waals surface area contributed by atoms with Gasteiger partial charge in [-0.25, -0.2) is 0 Å². The fourth-order valence-electron chi connectivity index (χ4n) is 11.3. The van der Waals surface area contributed by atoms with Gasteiger partial charge in [0.15, 0.2) is 0 Å². The molecule has 3 heterocycles. The molecule has 648 valence electrons. The molecule has 0 fully saturated rings. The normalized spacial score (nSPS) is 9.47. The molecule has 0 spiro atoms. The Morgan fingerprint density at radius 3 is 1.04 bits per heavy atom. The van der Waals surface area contributed by atoms with Crippen molar-refractivity contribution in [2.24, 2.45) is 0 Å². The van der Waals surface area contributed by atoms with E-state index in [0.717, 1.165) is 49.3 Å². The number of ketones is 1.